The monoisotopic (exact) mass is 539 g/mol. The van der Waals surface area contributed by atoms with Crippen LogP contribution in [0.15, 0.2) is 64.8 Å². The van der Waals surface area contributed by atoms with Gasteiger partial charge in [0.1, 0.15) is 11.5 Å². The molecule has 0 unspecified atom stereocenters. The number of hydrogen-bond donors (Lipinski definition) is 1. The number of amides is 1. The van der Waals surface area contributed by atoms with E-state index >= 15 is 0 Å². The number of anilines is 1. The molecule has 0 aromatic heterocycles. The van der Waals surface area contributed by atoms with Crippen LogP contribution in [0.5, 0.6) is 5.75 Å². The number of allylic oxidation sites excluding steroid dienone is 1. The van der Waals surface area contributed by atoms with E-state index < -0.39 is 12.2 Å². The third-order valence-corrected chi connectivity index (χ3v) is 8.62. The van der Waals surface area contributed by atoms with Crippen LogP contribution in [0.3, 0.4) is 0 Å². The lowest BCUT2D eigenvalue weighted by molar-refractivity contribution is -0.159. The number of ether oxygens (including phenoxy) is 3. The molecule has 2 aromatic rings. The van der Waals surface area contributed by atoms with Crippen molar-refractivity contribution in [2.24, 2.45) is 17.8 Å². The number of benzene rings is 2. The zero-order valence-corrected chi connectivity index (χ0v) is 21.5. The van der Waals surface area contributed by atoms with Crippen LogP contribution in [0, 0.1) is 17.8 Å². The van der Waals surface area contributed by atoms with E-state index in [4.69, 9.17) is 14.2 Å². The molecule has 5 atom stereocenters. The summed E-state index contributed by atoms with van der Waals surface area (Å²) in [5.74, 6) is 1.15. The number of carbonyl (C=O) groups is 2. The van der Waals surface area contributed by atoms with E-state index in [0.717, 1.165) is 42.3 Å². The summed E-state index contributed by atoms with van der Waals surface area (Å²) in [5.41, 5.74) is 1.55. The molecule has 0 heterocycles. The molecule has 0 bridgehead atoms. The molecule has 3 aliphatic rings. The first-order chi connectivity index (χ1) is 17.0. The Labute approximate surface area is 214 Å². The maximum atomic E-state index is 13.3. The highest BCUT2D eigenvalue weighted by Crippen LogP contribution is 2.66. The molecule has 1 amide bonds. The normalized spacial score (nSPS) is 29.5. The van der Waals surface area contributed by atoms with Gasteiger partial charge in [-0.2, -0.15) is 0 Å². The average Bonchev–Trinajstić information content (AvgIpc) is 3.04. The van der Waals surface area contributed by atoms with Crippen molar-refractivity contribution in [1.82, 2.24) is 0 Å². The van der Waals surface area contributed by atoms with Crippen LogP contribution in [0.25, 0.3) is 0 Å². The standard InChI is InChI=1S/C28H30BrNO5/c1-33-20-13-7-17(8-14-20)28-15-5-3-4-6-21(28)24-22(31)16-23(34-2)26(25(24)28)35-27(32)30-19-11-9-18(29)10-12-19/h7-14,16,21,24-26H,3-6,15H2,1-2H3,(H,30,32)/t21-,24-,25-,26+,28+/m0/s1. The molecule has 0 radical (unpaired) electrons. The highest BCUT2D eigenvalue weighted by atomic mass is 79.9. The van der Waals surface area contributed by atoms with Crippen molar-refractivity contribution in [3.8, 4) is 5.75 Å². The van der Waals surface area contributed by atoms with Gasteiger partial charge in [0.15, 0.2) is 11.9 Å². The molecule has 35 heavy (non-hydrogen) atoms. The van der Waals surface area contributed by atoms with Gasteiger partial charge in [0, 0.05) is 33.5 Å². The Morgan fingerprint density at radius 1 is 1.00 bits per heavy atom. The Morgan fingerprint density at radius 3 is 2.43 bits per heavy atom. The van der Waals surface area contributed by atoms with Crippen molar-refractivity contribution in [2.45, 2.75) is 43.6 Å². The van der Waals surface area contributed by atoms with E-state index in [9.17, 15) is 9.59 Å². The number of carbonyl (C=O) groups excluding carboxylic acids is 2. The van der Waals surface area contributed by atoms with E-state index in [-0.39, 0.29) is 29.0 Å². The van der Waals surface area contributed by atoms with Gasteiger partial charge < -0.3 is 14.2 Å². The first kappa shape index (κ1) is 23.9. The zero-order chi connectivity index (χ0) is 24.6. The molecule has 7 heteroatoms. The van der Waals surface area contributed by atoms with Gasteiger partial charge in [-0.05, 0) is 60.7 Å². The van der Waals surface area contributed by atoms with Gasteiger partial charge in [0.05, 0.1) is 14.2 Å². The molecule has 0 aliphatic heterocycles. The Morgan fingerprint density at radius 2 is 1.74 bits per heavy atom. The van der Waals surface area contributed by atoms with E-state index in [0.29, 0.717) is 11.4 Å². The lowest BCUT2D eigenvalue weighted by atomic mass is 9.39. The minimum absolute atomic E-state index is 0.0797. The molecule has 6 nitrogen and oxygen atoms in total. The number of methoxy groups -OCH3 is 2. The SMILES string of the molecule is COC1=CC(=O)[C@H]2[C@@H]([C@@H]1OC(=O)Nc1ccc(Br)cc1)[C@@]1(c3ccc(OC)cc3)CCCCC[C@@H]21. The van der Waals surface area contributed by atoms with Crippen LogP contribution >= 0.6 is 15.9 Å². The van der Waals surface area contributed by atoms with Crippen LogP contribution < -0.4 is 10.1 Å². The number of hydrogen-bond acceptors (Lipinski definition) is 5. The molecule has 2 aromatic carbocycles. The zero-order valence-electron chi connectivity index (χ0n) is 20.0. The van der Waals surface area contributed by atoms with Crippen molar-refractivity contribution in [3.05, 3.63) is 70.4 Å². The number of rotatable bonds is 5. The summed E-state index contributed by atoms with van der Waals surface area (Å²) in [6.45, 7) is 0. The maximum Gasteiger partial charge on any atom is 0.412 e. The van der Waals surface area contributed by atoms with Gasteiger partial charge in [0.25, 0.3) is 0 Å². The molecule has 0 spiro atoms. The molecule has 2 fully saturated rings. The van der Waals surface area contributed by atoms with E-state index in [1.807, 2.05) is 24.3 Å². The average molecular weight is 540 g/mol. The van der Waals surface area contributed by atoms with E-state index in [2.05, 4.69) is 33.4 Å². The predicted octanol–water partition coefficient (Wildman–Crippen LogP) is 6.25. The van der Waals surface area contributed by atoms with Crippen LogP contribution in [-0.4, -0.2) is 32.2 Å². The number of nitrogens with one attached hydrogen (secondary N) is 1. The second kappa shape index (κ2) is 9.69. The Bertz CT molecular complexity index is 1130. The molecular formula is C28H30BrNO5. The van der Waals surface area contributed by atoms with Crippen LogP contribution in [0.4, 0.5) is 10.5 Å². The molecule has 3 aliphatic carbocycles. The third kappa shape index (κ3) is 4.14. The highest BCUT2D eigenvalue weighted by Gasteiger charge is 2.69. The topological polar surface area (TPSA) is 73.9 Å². The van der Waals surface area contributed by atoms with E-state index in [1.54, 1.807) is 25.3 Å². The van der Waals surface area contributed by atoms with Gasteiger partial charge in [-0.1, -0.05) is 47.3 Å². The van der Waals surface area contributed by atoms with Gasteiger partial charge in [-0.3, -0.25) is 10.1 Å². The molecule has 5 rings (SSSR count). The summed E-state index contributed by atoms with van der Waals surface area (Å²) >= 11 is 3.40. The molecular weight excluding hydrogens is 510 g/mol. The lowest BCUT2D eigenvalue weighted by Crippen LogP contribution is -2.67. The number of halogens is 1. The molecule has 1 N–H and O–H groups in total. The van der Waals surface area contributed by atoms with Gasteiger partial charge in [-0.15, -0.1) is 0 Å². The first-order valence-corrected chi connectivity index (χ1v) is 12.9. The van der Waals surface area contributed by atoms with Crippen molar-refractivity contribution in [2.75, 3.05) is 19.5 Å². The maximum absolute atomic E-state index is 13.3. The van der Waals surface area contributed by atoms with Crippen molar-refractivity contribution in [1.29, 1.82) is 0 Å². The van der Waals surface area contributed by atoms with Crippen molar-refractivity contribution in [3.63, 3.8) is 0 Å². The Kier molecular flexibility index (Phi) is 6.62. The summed E-state index contributed by atoms with van der Waals surface area (Å²) in [4.78, 5) is 26.3. The minimum Gasteiger partial charge on any atom is -0.497 e. The lowest BCUT2D eigenvalue weighted by Gasteiger charge is -2.63. The molecule has 2 saturated carbocycles. The predicted molar refractivity (Wildman–Crippen MR) is 136 cm³/mol. The number of fused-ring (bicyclic) bond motifs is 4. The summed E-state index contributed by atoms with van der Waals surface area (Å²) in [5, 5.41) is 2.82. The summed E-state index contributed by atoms with van der Waals surface area (Å²) in [7, 11) is 3.19. The molecule has 184 valence electrons. The summed E-state index contributed by atoms with van der Waals surface area (Å²) in [6, 6.07) is 15.5. The minimum atomic E-state index is -0.644. The second-order valence-corrected chi connectivity index (χ2v) is 10.6. The highest BCUT2D eigenvalue weighted by molar-refractivity contribution is 9.10. The fraction of sp³-hybridized carbons (Fsp3) is 0.429. The largest absolute Gasteiger partial charge is 0.497 e. The van der Waals surface area contributed by atoms with Crippen LogP contribution in [0.1, 0.15) is 37.7 Å². The summed E-state index contributed by atoms with van der Waals surface area (Å²) < 4.78 is 18.0. The van der Waals surface area contributed by atoms with Crippen molar-refractivity contribution < 1.29 is 23.8 Å². The Balaban J connectivity index is 1.51. The van der Waals surface area contributed by atoms with Crippen LogP contribution in [0.2, 0.25) is 0 Å². The third-order valence-electron chi connectivity index (χ3n) is 8.09. The number of ketones is 1. The van der Waals surface area contributed by atoms with Gasteiger partial charge in [-0.25, -0.2) is 4.79 Å². The molecule has 0 saturated heterocycles. The Hall–Kier alpha value is -2.80. The van der Waals surface area contributed by atoms with Crippen LogP contribution in [-0.2, 0) is 19.7 Å². The van der Waals surface area contributed by atoms with Crippen molar-refractivity contribution >= 4 is 33.5 Å². The smallest absolute Gasteiger partial charge is 0.412 e. The first-order valence-electron chi connectivity index (χ1n) is 12.1. The summed E-state index contributed by atoms with van der Waals surface area (Å²) in [6.07, 6.45) is 5.60. The van der Waals surface area contributed by atoms with Gasteiger partial charge in [0.2, 0.25) is 0 Å². The second-order valence-electron chi connectivity index (χ2n) is 9.64. The fourth-order valence-corrected chi connectivity index (χ4v) is 6.92. The van der Waals surface area contributed by atoms with E-state index in [1.165, 1.54) is 12.7 Å². The quantitative estimate of drug-likeness (QED) is 0.485. The fourth-order valence-electron chi connectivity index (χ4n) is 6.65. The van der Waals surface area contributed by atoms with Gasteiger partial charge >= 0.3 is 6.09 Å².